The lowest BCUT2D eigenvalue weighted by Gasteiger charge is -2.16. The SMILES string of the molecule is CCCOc1nc(NCC)nc(NC(C)CC(C)C)n1. The van der Waals surface area contributed by atoms with Crippen molar-refractivity contribution in [3.63, 3.8) is 0 Å². The zero-order chi connectivity index (χ0) is 15.0. The minimum absolute atomic E-state index is 0.311. The van der Waals surface area contributed by atoms with Gasteiger partial charge >= 0.3 is 6.01 Å². The van der Waals surface area contributed by atoms with Crippen LogP contribution in [0.3, 0.4) is 0 Å². The van der Waals surface area contributed by atoms with E-state index >= 15 is 0 Å². The molecule has 6 heteroatoms. The zero-order valence-corrected chi connectivity index (χ0v) is 13.2. The van der Waals surface area contributed by atoms with Crippen molar-refractivity contribution in [2.24, 2.45) is 5.92 Å². The van der Waals surface area contributed by atoms with E-state index in [1.54, 1.807) is 0 Å². The Hall–Kier alpha value is -1.59. The Balaban J connectivity index is 2.79. The Kier molecular flexibility index (Phi) is 7.04. The number of nitrogens with one attached hydrogen (secondary N) is 2. The highest BCUT2D eigenvalue weighted by Crippen LogP contribution is 2.14. The van der Waals surface area contributed by atoms with Crippen LogP contribution in [0.5, 0.6) is 6.01 Å². The molecule has 0 aromatic carbocycles. The normalized spacial score (nSPS) is 12.3. The van der Waals surface area contributed by atoms with Crippen molar-refractivity contribution in [2.45, 2.75) is 53.5 Å². The molecule has 0 saturated carbocycles. The van der Waals surface area contributed by atoms with Gasteiger partial charge in [0.25, 0.3) is 0 Å². The second-order valence-corrected chi connectivity index (χ2v) is 5.32. The van der Waals surface area contributed by atoms with E-state index in [4.69, 9.17) is 4.74 Å². The summed E-state index contributed by atoms with van der Waals surface area (Å²) in [6.07, 6.45) is 1.99. The van der Waals surface area contributed by atoms with Crippen LogP contribution in [-0.2, 0) is 0 Å². The first-order valence-electron chi connectivity index (χ1n) is 7.44. The lowest BCUT2D eigenvalue weighted by Crippen LogP contribution is -2.20. The van der Waals surface area contributed by atoms with Crippen molar-refractivity contribution in [2.75, 3.05) is 23.8 Å². The maximum absolute atomic E-state index is 5.50. The second kappa shape index (κ2) is 8.55. The van der Waals surface area contributed by atoms with Crippen molar-refractivity contribution in [3.05, 3.63) is 0 Å². The average molecular weight is 281 g/mol. The fourth-order valence-corrected chi connectivity index (χ4v) is 1.90. The lowest BCUT2D eigenvalue weighted by molar-refractivity contribution is 0.292. The van der Waals surface area contributed by atoms with Gasteiger partial charge < -0.3 is 15.4 Å². The van der Waals surface area contributed by atoms with Gasteiger partial charge in [-0.05, 0) is 32.6 Å². The summed E-state index contributed by atoms with van der Waals surface area (Å²) < 4.78 is 5.50. The van der Waals surface area contributed by atoms with Gasteiger partial charge in [0.15, 0.2) is 0 Å². The number of nitrogens with zero attached hydrogens (tertiary/aromatic N) is 3. The number of hydrogen-bond acceptors (Lipinski definition) is 6. The smallest absolute Gasteiger partial charge is 0.323 e. The summed E-state index contributed by atoms with van der Waals surface area (Å²) in [5.74, 6) is 1.74. The number of hydrogen-bond donors (Lipinski definition) is 2. The van der Waals surface area contributed by atoms with Crippen LogP contribution < -0.4 is 15.4 Å². The molecule has 0 amide bonds. The molecule has 0 saturated heterocycles. The Morgan fingerprint density at radius 1 is 1.05 bits per heavy atom. The molecule has 0 spiro atoms. The van der Waals surface area contributed by atoms with Crippen LogP contribution in [0, 0.1) is 5.92 Å². The van der Waals surface area contributed by atoms with Gasteiger partial charge in [0.05, 0.1) is 6.61 Å². The van der Waals surface area contributed by atoms with E-state index in [0.29, 0.717) is 36.5 Å². The molecule has 1 aromatic heterocycles. The molecular formula is C14H27N5O. The summed E-state index contributed by atoms with van der Waals surface area (Å²) in [5, 5.41) is 6.40. The van der Waals surface area contributed by atoms with Crippen LogP contribution in [0.15, 0.2) is 0 Å². The first-order chi connectivity index (χ1) is 9.55. The maximum Gasteiger partial charge on any atom is 0.323 e. The average Bonchev–Trinajstić information content (AvgIpc) is 2.35. The summed E-state index contributed by atoms with van der Waals surface area (Å²) in [4.78, 5) is 12.9. The molecule has 0 aliphatic rings. The first-order valence-corrected chi connectivity index (χ1v) is 7.44. The van der Waals surface area contributed by atoms with Gasteiger partial charge in [0.1, 0.15) is 0 Å². The molecule has 0 fully saturated rings. The summed E-state index contributed by atoms with van der Waals surface area (Å²) in [7, 11) is 0. The third-order valence-corrected chi connectivity index (χ3v) is 2.59. The third kappa shape index (κ3) is 6.04. The second-order valence-electron chi connectivity index (χ2n) is 5.32. The van der Waals surface area contributed by atoms with Crippen LogP contribution in [0.4, 0.5) is 11.9 Å². The van der Waals surface area contributed by atoms with Gasteiger partial charge in [-0.25, -0.2) is 0 Å². The van der Waals surface area contributed by atoms with Crippen LogP contribution in [0.1, 0.15) is 47.5 Å². The molecule has 0 aliphatic carbocycles. The summed E-state index contributed by atoms with van der Waals surface area (Å²) in [6, 6.07) is 0.683. The molecule has 1 aromatic rings. The van der Waals surface area contributed by atoms with Gasteiger partial charge in [-0.1, -0.05) is 20.8 Å². The molecule has 0 radical (unpaired) electrons. The number of anilines is 2. The minimum Gasteiger partial charge on any atom is -0.463 e. The molecule has 114 valence electrons. The predicted molar refractivity (Wildman–Crippen MR) is 82.3 cm³/mol. The highest BCUT2D eigenvalue weighted by molar-refractivity contribution is 5.36. The number of rotatable bonds is 9. The van der Waals surface area contributed by atoms with E-state index in [1.165, 1.54) is 0 Å². The highest BCUT2D eigenvalue weighted by atomic mass is 16.5. The molecule has 20 heavy (non-hydrogen) atoms. The first kappa shape index (κ1) is 16.5. The fourth-order valence-electron chi connectivity index (χ4n) is 1.90. The standard InChI is InChI=1S/C14H27N5O/c1-6-8-20-14-18-12(15-7-2)17-13(19-14)16-11(5)9-10(3)4/h10-11H,6-9H2,1-5H3,(H2,15,16,17,18,19). The van der Waals surface area contributed by atoms with Crippen molar-refractivity contribution in [3.8, 4) is 6.01 Å². The highest BCUT2D eigenvalue weighted by Gasteiger charge is 2.10. The van der Waals surface area contributed by atoms with E-state index in [9.17, 15) is 0 Å². The van der Waals surface area contributed by atoms with E-state index in [0.717, 1.165) is 19.4 Å². The Morgan fingerprint density at radius 2 is 1.75 bits per heavy atom. The summed E-state index contributed by atoms with van der Waals surface area (Å²) >= 11 is 0. The molecule has 1 unspecified atom stereocenters. The predicted octanol–water partition coefficient (Wildman–Crippen LogP) is 2.94. The van der Waals surface area contributed by atoms with Crippen LogP contribution >= 0.6 is 0 Å². The number of ether oxygens (including phenoxy) is 1. The van der Waals surface area contributed by atoms with Gasteiger partial charge in [0, 0.05) is 12.6 Å². The largest absolute Gasteiger partial charge is 0.463 e. The van der Waals surface area contributed by atoms with Crippen molar-refractivity contribution in [1.82, 2.24) is 15.0 Å². The van der Waals surface area contributed by atoms with Gasteiger partial charge in [-0.15, -0.1) is 0 Å². The molecule has 1 heterocycles. The van der Waals surface area contributed by atoms with Gasteiger partial charge in [-0.2, -0.15) is 15.0 Å². The molecule has 0 bridgehead atoms. The van der Waals surface area contributed by atoms with Crippen LogP contribution in [-0.4, -0.2) is 34.1 Å². The van der Waals surface area contributed by atoms with E-state index in [-0.39, 0.29) is 0 Å². The summed E-state index contributed by atoms with van der Waals surface area (Å²) in [5.41, 5.74) is 0. The van der Waals surface area contributed by atoms with Gasteiger partial charge in [0.2, 0.25) is 11.9 Å². The quantitative estimate of drug-likeness (QED) is 0.725. The fraction of sp³-hybridized carbons (Fsp3) is 0.786. The topological polar surface area (TPSA) is 72.0 Å². The van der Waals surface area contributed by atoms with Crippen molar-refractivity contribution in [1.29, 1.82) is 0 Å². The van der Waals surface area contributed by atoms with Gasteiger partial charge in [-0.3, -0.25) is 0 Å². The Bertz CT molecular complexity index is 397. The minimum atomic E-state index is 0.311. The lowest BCUT2D eigenvalue weighted by atomic mass is 10.1. The van der Waals surface area contributed by atoms with Crippen LogP contribution in [0.25, 0.3) is 0 Å². The molecular weight excluding hydrogens is 254 g/mol. The van der Waals surface area contributed by atoms with Crippen LogP contribution in [0.2, 0.25) is 0 Å². The monoisotopic (exact) mass is 281 g/mol. The molecule has 6 nitrogen and oxygen atoms in total. The molecule has 0 aliphatic heterocycles. The summed E-state index contributed by atoms with van der Waals surface area (Å²) in [6.45, 7) is 12.0. The zero-order valence-electron chi connectivity index (χ0n) is 13.2. The molecule has 1 atom stereocenters. The van der Waals surface area contributed by atoms with Crippen molar-refractivity contribution >= 4 is 11.9 Å². The number of aromatic nitrogens is 3. The maximum atomic E-state index is 5.50. The third-order valence-electron chi connectivity index (χ3n) is 2.59. The van der Waals surface area contributed by atoms with Crippen molar-refractivity contribution < 1.29 is 4.74 Å². The van der Waals surface area contributed by atoms with E-state index in [1.807, 2.05) is 6.92 Å². The van der Waals surface area contributed by atoms with E-state index < -0.39 is 0 Å². The Morgan fingerprint density at radius 3 is 2.35 bits per heavy atom. The molecule has 2 N–H and O–H groups in total. The van der Waals surface area contributed by atoms with E-state index in [2.05, 4.69) is 53.3 Å². The molecule has 1 rings (SSSR count). The Labute approximate surface area is 121 Å².